The predicted molar refractivity (Wildman–Crippen MR) is 83.5 cm³/mol. The Morgan fingerprint density at radius 3 is 2.91 bits per heavy atom. The molecule has 0 saturated heterocycles. The van der Waals surface area contributed by atoms with Crippen LogP contribution in [0, 0.1) is 10.1 Å². The first-order valence-electron chi connectivity index (χ1n) is 5.78. The summed E-state index contributed by atoms with van der Waals surface area (Å²) in [6.07, 6.45) is 1.13. The zero-order chi connectivity index (χ0) is 15.7. The molecular weight excluding hydrogens is 348 g/mol. The third-order valence-corrected chi connectivity index (χ3v) is 4.84. The fraction of sp³-hybridized carbons (Fsp3) is 0. The molecule has 0 radical (unpaired) electrons. The van der Waals surface area contributed by atoms with Crippen molar-refractivity contribution < 1.29 is 4.92 Å². The molecule has 0 aliphatic carbocycles. The van der Waals surface area contributed by atoms with Crippen molar-refractivity contribution in [1.29, 1.82) is 0 Å². The first-order valence-corrected chi connectivity index (χ1v) is 7.86. The van der Waals surface area contributed by atoms with E-state index in [1.54, 1.807) is 0 Å². The van der Waals surface area contributed by atoms with Crippen LogP contribution in [0.1, 0.15) is 0 Å². The number of nitrogens with two attached hydrogens (primary N) is 1. The maximum Gasteiger partial charge on any atom is 0.289 e. The summed E-state index contributed by atoms with van der Waals surface area (Å²) < 4.78 is 1.33. The van der Waals surface area contributed by atoms with Gasteiger partial charge in [0.25, 0.3) is 5.69 Å². The summed E-state index contributed by atoms with van der Waals surface area (Å²) in [7, 11) is 0. The maximum absolute atomic E-state index is 10.7. The number of nitrogen functional groups attached to an aromatic ring is 1. The summed E-state index contributed by atoms with van der Waals surface area (Å²) in [5, 5.41) is 21.5. The van der Waals surface area contributed by atoms with Crippen LogP contribution in [0.3, 0.4) is 0 Å². The lowest BCUT2D eigenvalue weighted by atomic mass is 10.4. The highest BCUT2D eigenvalue weighted by Crippen LogP contribution is 2.33. The molecule has 3 heterocycles. The normalized spacial score (nSPS) is 10.8. The van der Waals surface area contributed by atoms with E-state index < -0.39 is 4.92 Å². The Morgan fingerprint density at radius 1 is 1.45 bits per heavy atom. The predicted octanol–water partition coefficient (Wildman–Crippen LogP) is 2.83. The van der Waals surface area contributed by atoms with Gasteiger partial charge in [-0.25, -0.2) is 9.66 Å². The van der Waals surface area contributed by atoms with Crippen molar-refractivity contribution in [2.24, 2.45) is 0 Å². The molecule has 0 spiro atoms. The van der Waals surface area contributed by atoms with Crippen LogP contribution in [0.25, 0.3) is 10.7 Å². The summed E-state index contributed by atoms with van der Waals surface area (Å²) in [4.78, 5) is 14.9. The molecule has 22 heavy (non-hydrogen) atoms. The van der Waals surface area contributed by atoms with Crippen molar-refractivity contribution in [3.63, 3.8) is 0 Å². The van der Waals surface area contributed by atoms with Crippen LogP contribution in [-0.4, -0.2) is 24.8 Å². The van der Waals surface area contributed by atoms with Gasteiger partial charge in [0.05, 0.1) is 14.8 Å². The first-order chi connectivity index (χ1) is 10.6. The molecule has 3 aromatic heterocycles. The molecule has 0 aliphatic heterocycles. The zero-order valence-corrected chi connectivity index (χ0v) is 13.1. The Balaban J connectivity index is 1.90. The largest absolute Gasteiger partial charge is 0.335 e. The van der Waals surface area contributed by atoms with E-state index >= 15 is 0 Å². The average molecular weight is 355 g/mol. The molecule has 0 fully saturated rings. The molecule has 0 aliphatic rings. The number of pyridine rings is 1. The second kappa shape index (κ2) is 5.91. The smallest absolute Gasteiger partial charge is 0.289 e. The van der Waals surface area contributed by atoms with Crippen LogP contribution in [0.4, 0.5) is 5.69 Å². The summed E-state index contributed by atoms with van der Waals surface area (Å²) in [5.74, 6) is 6.49. The van der Waals surface area contributed by atoms with Crippen LogP contribution < -0.4 is 5.84 Å². The molecule has 0 atom stereocenters. The van der Waals surface area contributed by atoms with Crippen LogP contribution in [-0.2, 0) is 0 Å². The van der Waals surface area contributed by atoms with Gasteiger partial charge in [0.2, 0.25) is 5.16 Å². The van der Waals surface area contributed by atoms with Crippen LogP contribution in [0.5, 0.6) is 0 Å². The van der Waals surface area contributed by atoms with Gasteiger partial charge in [-0.1, -0.05) is 17.7 Å². The minimum absolute atomic E-state index is 0.153. The van der Waals surface area contributed by atoms with E-state index in [1.807, 2.05) is 17.5 Å². The number of nitrogens with zero attached hydrogens (tertiary/aromatic N) is 5. The zero-order valence-electron chi connectivity index (χ0n) is 10.7. The lowest BCUT2D eigenvalue weighted by molar-refractivity contribution is -0.385. The van der Waals surface area contributed by atoms with Crippen molar-refractivity contribution in [2.75, 3.05) is 5.84 Å². The summed E-state index contributed by atoms with van der Waals surface area (Å²) in [6, 6.07) is 4.99. The highest BCUT2D eigenvalue weighted by molar-refractivity contribution is 7.99. The van der Waals surface area contributed by atoms with Crippen LogP contribution >= 0.6 is 34.7 Å². The summed E-state index contributed by atoms with van der Waals surface area (Å²) in [6.45, 7) is 0. The van der Waals surface area contributed by atoms with Gasteiger partial charge in [0.15, 0.2) is 5.82 Å². The molecule has 8 nitrogen and oxygen atoms in total. The summed E-state index contributed by atoms with van der Waals surface area (Å²) in [5.41, 5.74) is -0.178. The Kier molecular flexibility index (Phi) is 3.96. The van der Waals surface area contributed by atoms with Crippen LogP contribution in [0.2, 0.25) is 5.02 Å². The van der Waals surface area contributed by atoms with Crippen LogP contribution in [0.15, 0.2) is 40.0 Å². The minimum atomic E-state index is -0.562. The van der Waals surface area contributed by atoms with Crippen molar-refractivity contribution in [1.82, 2.24) is 19.9 Å². The summed E-state index contributed by atoms with van der Waals surface area (Å²) >= 11 is 8.57. The maximum atomic E-state index is 10.7. The fourth-order valence-electron chi connectivity index (χ4n) is 1.60. The van der Waals surface area contributed by atoms with E-state index in [2.05, 4.69) is 15.2 Å². The molecule has 0 unspecified atom stereocenters. The van der Waals surface area contributed by atoms with Crippen molar-refractivity contribution in [2.45, 2.75) is 10.2 Å². The Hall–Kier alpha value is -2.17. The molecule has 3 rings (SSSR count). The van der Waals surface area contributed by atoms with E-state index in [-0.39, 0.29) is 10.7 Å². The first kappa shape index (κ1) is 14.8. The molecule has 2 N–H and O–H groups in total. The third kappa shape index (κ3) is 2.75. The Morgan fingerprint density at radius 2 is 2.27 bits per heavy atom. The number of thiophene rings is 1. The van der Waals surface area contributed by atoms with Gasteiger partial charge in [0, 0.05) is 6.07 Å². The number of hydrogen-bond acceptors (Lipinski definition) is 8. The number of rotatable bonds is 4. The number of aromatic nitrogens is 4. The number of halogens is 1. The van der Waals surface area contributed by atoms with Gasteiger partial charge in [-0.05, 0) is 23.2 Å². The van der Waals surface area contributed by atoms with Crippen molar-refractivity contribution in [3.8, 4) is 10.7 Å². The van der Waals surface area contributed by atoms with E-state index in [1.165, 1.54) is 22.1 Å². The minimum Gasteiger partial charge on any atom is -0.335 e. The van der Waals surface area contributed by atoms with Crippen molar-refractivity contribution in [3.05, 3.63) is 44.9 Å². The van der Waals surface area contributed by atoms with E-state index in [0.717, 1.165) is 22.8 Å². The highest BCUT2D eigenvalue weighted by Gasteiger charge is 2.17. The quantitative estimate of drug-likeness (QED) is 0.435. The Labute approximate surface area is 137 Å². The van der Waals surface area contributed by atoms with Gasteiger partial charge < -0.3 is 5.84 Å². The molecular formula is C11H7ClN6O2S2. The van der Waals surface area contributed by atoms with Gasteiger partial charge in [0.1, 0.15) is 11.2 Å². The van der Waals surface area contributed by atoms with Gasteiger partial charge in [-0.15, -0.1) is 21.5 Å². The molecule has 0 saturated carbocycles. The van der Waals surface area contributed by atoms with E-state index in [0.29, 0.717) is 16.0 Å². The van der Waals surface area contributed by atoms with E-state index in [9.17, 15) is 10.1 Å². The van der Waals surface area contributed by atoms with Gasteiger partial charge in [-0.2, -0.15) is 0 Å². The average Bonchev–Trinajstić information content (AvgIpc) is 3.11. The monoisotopic (exact) mass is 354 g/mol. The second-order valence-corrected chi connectivity index (χ2v) is 6.30. The van der Waals surface area contributed by atoms with Gasteiger partial charge in [-0.3, -0.25) is 10.1 Å². The fourth-order valence-corrected chi connectivity index (χ4v) is 3.28. The third-order valence-electron chi connectivity index (χ3n) is 2.60. The lowest BCUT2D eigenvalue weighted by Crippen LogP contribution is -2.11. The SMILES string of the molecule is Nn1c(Sc2ncc([N+](=O)[O-])cc2Cl)nnc1-c1cccs1. The molecule has 0 bridgehead atoms. The molecule has 0 aromatic carbocycles. The second-order valence-electron chi connectivity index (χ2n) is 3.99. The molecule has 112 valence electrons. The highest BCUT2D eigenvalue weighted by atomic mass is 35.5. The molecule has 3 aromatic rings. The van der Waals surface area contributed by atoms with E-state index in [4.69, 9.17) is 17.4 Å². The number of hydrogen-bond donors (Lipinski definition) is 1. The molecule has 0 amide bonds. The standard InChI is InChI=1S/C11H7ClN6O2S2/c12-7-4-6(18(19)20)5-14-10(7)22-11-16-15-9(17(11)13)8-2-1-3-21-8/h1-5H,13H2. The van der Waals surface area contributed by atoms with Gasteiger partial charge >= 0.3 is 0 Å². The topological polar surface area (TPSA) is 113 Å². The molecule has 11 heteroatoms. The lowest BCUT2D eigenvalue weighted by Gasteiger charge is -2.03. The Bertz CT molecular complexity index is 835. The van der Waals surface area contributed by atoms with Crippen molar-refractivity contribution >= 4 is 40.4 Å². The number of nitro groups is 1.